The number of fused-ring (bicyclic) bond motifs is 8. The van der Waals surface area contributed by atoms with Gasteiger partial charge in [-0.1, -0.05) is 30.3 Å². The largest absolute Gasteiger partial charge is 0.657 e. The molecule has 2 aliphatic heterocycles. The van der Waals surface area contributed by atoms with E-state index >= 15 is 35.1 Å². The van der Waals surface area contributed by atoms with E-state index in [0.717, 1.165) is 0 Å². The third-order valence-electron chi connectivity index (χ3n) is 10.3. The molecular weight excluding hydrogens is 1050 g/mol. The quantitative estimate of drug-likeness (QED) is 0.100. The summed E-state index contributed by atoms with van der Waals surface area (Å²) < 4.78 is 297. The Balaban J connectivity index is 0.00000642. The number of hydrogen-bond donors (Lipinski definition) is 0. The van der Waals surface area contributed by atoms with Gasteiger partial charge in [-0.3, -0.25) is 0 Å². The second kappa shape index (κ2) is 17.3. The third-order valence-corrected chi connectivity index (χ3v) is 10.3. The Kier molecular flexibility index (Phi) is 12.2. The average Bonchev–Trinajstić information content (AvgIpc) is 4.10. The van der Waals surface area contributed by atoms with Crippen LogP contribution in [0.4, 0.5) is 87.8 Å². The fourth-order valence-corrected chi connectivity index (χ4v) is 7.28. The van der Waals surface area contributed by atoms with Gasteiger partial charge in [0.25, 0.3) is 0 Å². The number of benzene rings is 4. The Morgan fingerprint density at radius 1 is 0.275 bits per heavy atom. The first-order chi connectivity index (χ1) is 32.0. The Bertz CT molecular complexity index is 3590. The summed E-state index contributed by atoms with van der Waals surface area (Å²) in [6.07, 6.45) is 1.02. The molecule has 0 aliphatic carbocycles. The van der Waals surface area contributed by atoms with Crippen LogP contribution in [0.1, 0.15) is 33.9 Å². The van der Waals surface area contributed by atoms with Crippen LogP contribution in [0.3, 0.4) is 0 Å². The Labute approximate surface area is 393 Å². The molecule has 69 heavy (non-hydrogen) atoms. The second-order valence-electron chi connectivity index (χ2n) is 14.3. The van der Waals surface area contributed by atoms with Crippen LogP contribution in [0.2, 0.25) is 0 Å². The van der Waals surface area contributed by atoms with Crippen molar-refractivity contribution in [2.24, 2.45) is 0 Å². The molecular formula is C44H8F20N4Y-2. The van der Waals surface area contributed by atoms with Crippen molar-refractivity contribution in [3.8, 4) is 22.3 Å². The predicted octanol–water partition coefficient (Wildman–Crippen LogP) is 12.9. The van der Waals surface area contributed by atoms with E-state index in [9.17, 15) is 52.7 Å². The van der Waals surface area contributed by atoms with Crippen LogP contribution in [-0.4, -0.2) is 9.97 Å². The molecule has 0 spiro atoms. The summed E-state index contributed by atoms with van der Waals surface area (Å²) >= 11 is 0. The molecule has 4 aromatic carbocycles. The fraction of sp³-hybridized carbons (Fsp3) is 0. The van der Waals surface area contributed by atoms with Gasteiger partial charge in [0, 0.05) is 43.9 Å². The molecule has 9 rings (SSSR count). The van der Waals surface area contributed by atoms with E-state index in [0.29, 0.717) is 48.6 Å². The van der Waals surface area contributed by atoms with Crippen LogP contribution in [-0.2, 0) is 32.7 Å². The Hall–Kier alpha value is -6.82. The molecule has 0 amide bonds. The summed E-state index contributed by atoms with van der Waals surface area (Å²) in [6, 6.07) is 3.23. The van der Waals surface area contributed by atoms with Crippen molar-refractivity contribution >= 4 is 45.4 Å². The molecule has 2 aliphatic rings. The van der Waals surface area contributed by atoms with Crippen LogP contribution in [0, 0.1) is 116 Å². The number of hydrogen-bond acceptors (Lipinski definition) is 2. The summed E-state index contributed by atoms with van der Waals surface area (Å²) in [4.78, 5) is 15.9. The summed E-state index contributed by atoms with van der Waals surface area (Å²) in [5.74, 6) is -50.9. The molecule has 1 radical (unpaired) electrons. The minimum atomic E-state index is -2.65. The summed E-state index contributed by atoms with van der Waals surface area (Å²) in [5.41, 5.74) is -18.2. The van der Waals surface area contributed by atoms with Gasteiger partial charge in [0.15, 0.2) is 93.1 Å². The maximum atomic E-state index is 15.4. The van der Waals surface area contributed by atoms with Crippen LogP contribution in [0.15, 0.2) is 36.4 Å². The molecule has 0 N–H and O–H groups in total. The van der Waals surface area contributed by atoms with Crippen molar-refractivity contribution in [3.05, 3.63) is 187 Å². The predicted molar refractivity (Wildman–Crippen MR) is 196 cm³/mol. The normalized spacial score (nSPS) is 12.4. The molecule has 8 bridgehead atoms. The first-order valence-electron chi connectivity index (χ1n) is 18.2. The van der Waals surface area contributed by atoms with E-state index in [1.807, 2.05) is 0 Å². The monoisotopic (exact) mass is 1060 g/mol. The van der Waals surface area contributed by atoms with E-state index in [1.54, 1.807) is 0 Å². The van der Waals surface area contributed by atoms with Crippen LogP contribution in [0.25, 0.3) is 67.6 Å². The van der Waals surface area contributed by atoms with Gasteiger partial charge in [-0.2, -0.15) is 0 Å². The van der Waals surface area contributed by atoms with Crippen molar-refractivity contribution < 1.29 is 121 Å². The molecule has 0 unspecified atom stereocenters. The zero-order valence-corrected chi connectivity index (χ0v) is 35.4. The van der Waals surface area contributed by atoms with Crippen LogP contribution in [0.5, 0.6) is 0 Å². The molecule has 25 heteroatoms. The van der Waals surface area contributed by atoms with E-state index < -0.39 is 206 Å². The van der Waals surface area contributed by atoms with Gasteiger partial charge >= 0.3 is 0 Å². The average molecular weight is 1060 g/mol. The number of nitrogens with zero attached hydrogens (tertiary/aromatic N) is 4. The maximum absolute atomic E-state index is 15.4. The van der Waals surface area contributed by atoms with Crippen molar-refractivity contribution in [3.63, 3.8) is 0 Å². The molecule has 4 nitrogen and oxygen atoms in total. The van der Waals surface area contributed by atoms with Gasteiger partial charge in [0.05, 0.1) is 45.0 Å². The molecule has 0 saturated heterocycles. The van der Waals surface area contributed by atoms with E-state index in [4.69, 9.17) is 0 Å². The molecule has 349 valence electrons. The van der Waals surface area contributed by atoms with E-state index in [-0.39, 0.29) is 32.7 Å². The minimum Gasteiger partial charge on any atom is -0.657 e. The zero-order chi connectivity index (χ0) is 49.3. The summed E-state index contributed by atoms with van der Waals surface area (Å²) in [7, 11) is 0. The Morgan fingerprint density at radius 2 is 0.536 bits per heavy atom. The molecule has 3 aromatic heterocycles. The van der Waals surface area contributed by atoms with Gasteiger partial charge in [-0.15, -0.1) is 22.1 Å². The Morgan fingerprint density at radius 3 is 0.884 bits per heavy atom. The first-order valence-corrected chi connectivity index (χ1v) is 18.2. The molecule has 0 saturated carbocycles. The third kappa shape index (κ3) is 7.49. The fourth-order valence-electron chi connectivity index (χ4n) is 7.28. The minimum absolute atomic E-state index is 0. The van der Waals surface area contributed by atoms with Crippen molar-refractivity contribution in [1.29, 1.82) is 0 Å². The molecule has 5 heterocycles. The van der Waals surface area contributed by atoms with E-state index in [2.05, 4.69) is 19.9 Å². The SMILES string of the molecule is Fc1c(F)c(F)c(C2=Cc3cc4[n-]c(cc4-c4c(F)c(F)c(F)c(F)c4F)cc4[n-]c(cc5nc(cc2n3)C=C5c2c(F)c(F)c(F)c(F)c2F)cc4-c2c(F)c(F)c(F)c(F)c2F)c(F)c1F.[Y]. The first kappa shape index (κ1) is 48.6. The zero-order valence-electron chi connectivity index (χ0n) is 32.5. The van der Waals surface area contributed by atoms with Crippen LogP contribution < -0.4 is 9.97 Å². The van der Waals surface area contributed by atoms with Gasteiger partial charge in [-0.25, -0.2) is 97.8 Å². The topological polar surface area (TPSA) is 54.0 Å². The van der Waals surface area contributed by atoms with E-state index in [1.165, 1.54) is 0 Å². The molecule has 0 fully saturated rings. The standard InChI is InChI=1S/C44H8F20N4.Y/c45-25-21(26(46)34(54)41(61)33(25)53)13-1-9-5-18-14(22-27(47)35(55)42(62)36(56)28(22)48)3-11(66-18)7-20-16(24-31(51)39(59)44(64)40(60)32(24)52)4-12(68-20)8-19-15(2-10(67-19)6-17(13)65-9)23-29(49)37(57)43(63)38(58)30(23)50;/h1-8H;/q-2;. The van der Waals surface area contributed by atoms with Gasteiger partial charge in [-0.05, 0) is 29.3 Å². The van der Waals surface area contributed by atoms with Crippen molar-refractivity contribution in [2.75, 3.05) is 0 Å². The maximum Gasteiger partial charge on any atom is 0.200 e. The number of rotatable bonds is 4. The number of halogens is 20. The summed E-state index contributed by atoms with van der Waals surface area (Å²) in [6.45, 7) is 0. The summed E-state index contributed by atoms with van der Waals surface area (Å²) in [5, 5.41) is 0. The number of aromatic nitrogens is 4. The molecule has 7 aromatic rings. The smallest absolute Gasteiger partial charge is 0.200 e. The van der Waals surface area contributed by atoms with Gasteiger partial charge in [0.2, 0.25) is 23.3 Å². The second-order valence-corrected chi connectivity index (χ2v) is 14.3. The van der Waals surface area contributed by atoms with Crippen molar-refractivity contribution in [2.45, 2.75) is 0 Å². The van der Waals surface area contributed by atoms with Crippen molar-refractivity contribution in [1.82, 2.24) is 19.9 Å². The molecule has 0 atom stereocenters. The van der Waals surface area contributed by atoms with Crippen LogP contribution >= 0.6 is 0 Å². The van der Waals surface area contributed by atoms with Gasteiger partial charge < -0.3 is 9.97 Å². The van der Waals surface area contributed by atoms with Gasteiger partial charge in [0.1, 0.15) is 0 Å².